The Labute approximate surface area is 106 Å². The number of allylic oxidation sites excluding steroid dienone is 2. The Morgan fingerprint density at radius 2 is 2.35 bits per heavy atom. The first-order chi connectivity index (χ1) is 8.33. The summed E-state index contributed by atoms with van der Waals surface area (Å²) < 4.78 is 0. The molecule has 0 aliphatic heterocycles. The molecule has 2 aliphatic rings. The maximum Gasteiger partial charge on any atom is 0.223 e. The van der Waals surface area contributed by atoms with Crippen LogP contribution in [0.1, 0.15) is 17.7 Å². The van der Waals surface area contributed by atoms with Crippen molar-refractivity contribution in [3.05, 3.63) is 34.5 Å². The fourth-order valence-corrected chi connectivity index (χ4v) is 3.69. The summed E-state index contributed by atoms with van der Waals surface area (Å²) in [5.74, 6) is 1.70. The molecule has 0 aromatic carbocycles. The summed E-state index contributed by atoms with van der Waals surface area (Å²) in [6.45, 7) is 0.775. The Morgan fingerprint density at radius 1 is 1.41 bits per heavy atom. The van der Waals surface area contributed by atoms with Gasteiger partial charge < -0.3 is 5.32 Å². The van der Waals surface area contributed by atoms with Gasteiger partial charge in [-0.15, -0.1) is 11.3 Å². The van der Waals surface area contributed by atoms with Crippen molar-refractivity contribution in [3.8, 4) is 0 Å². The molecule has 17 heavy (non-hydrogen) atoms. The van der Waals surface area contributed by atoms with Crippen LogP contribution in [-0.4, -0.2) is 12.5 Å². The molecule has 2 unspecified atom stereocenters. The number of carbonyl (C=O) groups is 1. The maximum atomic E-state index is 12.0. The Hall–Kier alpha value is -1.09. The quantitative estimate of drug-likeness (QED) is 0.814. The van der Waals surface area contributed by atoms with E-state index in [9.17, 15) is 4.79 Å². The molecule has 1 aromatic heterocycles. The number of nitrogens with one attached hydrogen (secondary N) is 1. The monoisotopic (exact) mass is 247 g/mol. The smallest absolute Gasteiger partial charge is 0.223 e. The van der Waals surface area contributed by atoms with E-state index in [-0.39, 0.29) is 11.8 Å². The van der Waals surface area contributed by atoms with Crippen molar-refractivity contribution in [1.82, 2.24) is 5.32 Å². The van der Waals surface area contributed by atoms with Crippen molar-refractivity contribution in [2.45, 2.75) is 19.3 Å². The van der Waals surface area contributed by atoms with Crippen LogP contribution in [0.3, 0.4) is 0 Å². The first kappa shape index (κ1) is 11.0. The van der Waals surface area contributed by atoms with Crippen LogP contribution in [0.2, 0.25) is 0 Å². The van der Waals surface area contributed by atoms with Gasteiger partial charge in [0.2, 0.25) is 5.91 Å². The Kier molecular flexibility index (Phi) is 3.02. The highest BCUT2D eigenvalue weighted by Crippen LogP contribution is 2.43. The molecule has 3 heteroatoms. The average Bonchev–Trinajstić information content (AvgIpc) is 3.05. The van der Waals surface area contributed by atoms with E-state index >= 15 is 0 Å². The van der Waals surface area contributed by atoms with Crippen molar-refractivity contribution < 1.29 is 4.79 Å². The lowest BCUT2D eigenvalue weighted by molar-refractivity contribution is -0.125. The number of carbonyl (C=O) groups excluding carboxylic acids is 1. The molecule has 2 nitrogen and oxygen atoms in total. The Bertz CT molecular complexity index is 423. The lowest BCUT2D eigenvalue weighted by Gasteiger charge is -2.17. The summed E-state index contributed by atoms with van der Waals surface area (Å²) in [5, 5.41) is 5.16. The van der Waals surface area contributed by atoms with Gasteiger partial charge in [-0.2, -0.15) is 0 Å². The van der Waals surface area contributed by atoms with E-state index in [0.717, 1.165) is 19.4 Å². The van der Waals surface area contributed by atoms with Crippen molar-refractivity contribution in [2.24, 2.45) is 17.8 Å². The lowest BCUT2D eigenvalue weighted by Crippen LogP contribution is -2.34. The van der Waals surface area contributed by atoms with Gasteiger partial charge in [0.15, 0.2) is 0 Å². The van der Waals surface area contributed by atoms with Gasteiger partial charge in [0, 0.05) is 17.3 Å². The van der Waals surface area contributed by atoms with Gasteiger partial charge in [-0.25, -0.2) is 0 Å². The molecule has 0 radical (unpaired) electrons. The number of fused-ring (bicyclic) bond motifs is 2. The highest BCUT2D eigenvalue weighted by Gasteiger charge is 2.39. The first-order valence-electron chi connectivity index (χ1n) is 6.31. The topological polar surface area (TPSA) is 29.1 Å². The normalized spacial score (nSPS) is 29.8. The number of hydrogen-bond acceptors (Lipinski definition) is 2. The molecule has 1 aromatic rings. The van der Waals surface area contributed by atoms with E-state index < -0.39 is 0 Å². The van der Waals surface area contributed by atoms with Crippen LogP contribution < -0.4 is 5.32 Å². The molecule has 3 atom stereocenters. The molecular weight excluding hydrogens is 230 g/mol. The minimum atomic E-state index is 0.244. The molecule has 3 rings (SSSR count). The fraction of sp³-hybridized carbons (Fsp3) is 0.500. The van der Waals surface area contributed by atoms with Gasteiger partial charge in [0.25, 0.3) is 0 Å². The fourth-order valence-electron chi connectivity index (χ4n) is 2.98. The molecule has 2 bridgehead atoms. The number of hydrogen-bond donors (Lipinski definition) is 1. The third-order valence-corrected chi connectivity index (χ3v) is 4.80. The van der Waals surface area contributed by atoms with Crippen LogP contribution in [0.4, 0.5) is 0 Å². The largest absolute Gasteiger partial charge is 0.355 e. The van der Waals surface area contributed by atoms with Crippen LogP contribution in [0, 0.1) is 17.8 Å². The third-order valence-electron chi connectivity index (χ3n) is 3.87. The molecule has 1 amide bonds. The standard InChI is InChI=1S/C14H17NOS/c16-14(13-9-10-3-4-11(13)8-10)15-6-5-12-2-1-7-17-12/h1-4,7,10-11,13H,5-6,8-9H2,(H,15,16)/t10?,11?,13-/m0/s1. The van der Waals surface area contributed by atoms with E-state index in [1.54, 1.807) is 11.3 Å². The van der Waals surface area contributed by atoms with E-state index in [1.807, 2.05) is 0 Å². The van der Waals surface area contributed by atoms with Crippen molar-refractivity contribution in [3.63, 3.8) is 0 Å². The van der Waals surface area contributed by atoms with Gasteiger partial charge in [-0.05, 0) is 42.5 Å². The lowest BCUT2D eigenvalue weighted by atomic mass is 9.93. The summed E-state index contributed by atoms with van der Waals surface area (Å²) >= 11 is 1.76. The number of rotatable bonds is 4. The van der Waals surface area contributed by atoms with Gasteiger partial charge in [0.05, 0.1) is 0 Å². The highest BCUT2D eigenvalue weighted by molar-refractivity contribution is 7.09. The van der Waals surface area contributed by atoms with Crippen molar-refractivity contribution in [1.29, 1.82) is 0 Å². The zero-order valence-electron chi connectivity index (χ0n) is 9.76. The van der Waals surface area contributed by atoms with Crippen molar-refractivity contribution >= 4 is 17.2 Å². The zero-order valence-corrected chi connectivity index (χ0v) is 10.6. The molecular formula is C14H17NOS. The van der Waals surface area contributed by atoms with Crippen LogP contribution in [0.5, 0.6) is 0 Å². The molecule has 1 heterocycles. The summed E-state index contributed by atoms with van der Waals surface area (Å²) in [6.07, 6.45) is 7.73. The van der Waals surface area contributed by atoms with Crippen LogP contribution >= 0.6 is 11.3 Å². The summed E-state index contributed by atoms with van der Waals surface area (Å²) in [6, 6.07) is 4.18. The highest BCUT2D eigenvalue weighted by atomic mass is 32.1. The first-order valence-corrected chi connectivity index (χ1v) is 7.19. The maximum absolute atomic E-state index is 12.0. The Balaban J connectivity index is 1.46. The third kappa shape index (κ3) is 2.29. The summed E-state index contributed by atoms with van der Waals surface area (Å²) in [7, 11) is 0. The van der Waals surface area contributed by atoms with Crippen LogP contribution in [0.15, 0.2) is 29.7 Å². The molecule has 90 valence electrons. The molecule has 1 saturated carbocycles. The van der Waals surface area contributed by atoms with E-state index in [2.05, 4.69) is 35.0 Å². The second-order valence-electron chi connectivity index (χ2n) is 5.01. The molecule has 0 spiro atoms. The van der Waals surface area contributed by atoms with Crippen LogP contribution in [0.25, 0.3) is 0 Å². The second kappa shape index (κ2) is 4.65. The average molecular weight is 247 g/mol. The molecule has 1 fully saturated rings. The van der Waals surface area contributed by atoms with Gasteiger partial charge in [-0.1, -0.05) is 18.2 Å². The van der Waals surface area contributed by atoms with Crippen molar-refractivity contribution in [2.75, 3.05) is 6.54 Å². The minimum absolute atomic E-state index is 0.244. The second-order valence-corrected chi connectivity index (χ2v) is 6.04. The van der Waals surface area contributed by atoms with Gasteiger partial charge in [0.1, 0.15) is 0 Å². The van der Waals surface area contributed by atoms with Gasteiger partial charge in [-0.3, -0.25) is 4.79 Å². The van der Waals surface area contributed by atoms with E-state index in [1.165, 1.54) is 11.3 Å². The predicted octanol–water partition coefficient (Wildman–Crippen LogP) is 2.62. The van der Waals surface area contributed by atoms with Gasteiger partial charge >= 0.3 is 0 Å². The zero-order chi connectivity index (χ0) is 11.7. The SMILES string of the molecule is O=C(NCCc1cccs1)[C@H]1CC2C=CC1C2. The number of thiophene rings is 1. The minimum Gasteiger partial charge on any atom is -0.355 e. The molecule has 2 aliphatic carbocycles. The predicted molar refractivity (Wildman–Crippen MR) is 69.9 cm³/mol. The van der Waals surface area contributed by atoms with E-state index in [0.29, 0.717) is 11.8 Å². The summed E-state index contributed by atoms with van der Waals surface area (Å²) in [5.41, 5.74) is 0. The van der Waals surface area contributed by atoms with Crippen LogP contribution in [-0.2, 0) is 11.2 Å². The number of amides is 1. The molecule has 1 N–H and O–H groups in total. The summed E-state index contributed by atoms with van der Waals surface area (Å²) in [4.78, 5) is 13.4. The van der Waals surface area contributed by atoms with E-state index in [4.69, 9.17) is 0 Å². The molecule has 0 saturated heterocycles. The Morgan fingerprint density at radius 3 is 3.00 bits per heavy atom.